The summed E-state index contributed by atoms with van der Waals surface area (Å²) in [6, 6.07) is 3.99. The van der Waals surface area contributed by atoms with E-state index in [4.69, 9.17) is 20.6 Å². The van der Waals surface area contributed by atoms with Crippen molar-refractivity contribution in [2.45, 2.75) is 9.77 Å². The molecule has 1 atom stereocenters. The predicted molar refractivity (Wildman–Crippen MR) is 62.7 cm³/mol. The maximum atomic E-state index is 11.1. The van der Waals surface area contributed by atoms with Crippen LogP contribution in [-0.4, -0.2) is 32.5 Å². The van der Waals surface area contributed by atoms with Crippen LogP contribution in [0.15, 0.2) is 29.2 Å². The molecule has 0 saturated heterocycles. The van der Waals surface area contributed by atoms with Crippen LogP contribution < -0.4 is 11.5 Å². The van der Waals surface area contributed by atoms with Gasteiger partial charge in [0.1, 0.15) is 0 Å². The monoisotopic (exact) mass is 296 g/mol. The summed E-state index contributed by atoms with van der Waals surface area (Å²) >= 11 is 0. The summed E-state index contributed by atoms with van der Waals surface area (Å²) in [7, 11) is -9.07. The summed E-state index contributed by atoms with van der Waals surface area (Å²) in [5.41, 5.74) is 10.6. The molecular formula is C8H12N2O6S2. The van der Waals surface area contributed by atoms with E-state index < -0.39 is 36.5 Å². The Kier molecular flexibility index (Phi) is 3.81. The van der Waals surface area contributed by atoms with Crippen molar-refractivity contribution >= 4 is 20.2 Å². The molecule has 0 heterocycles. The Labute approximate surface area is 104 Å². The molecule has 0 aliphatic rings. The van der Waals surface area contributed by atoms with Gasteiger partial charge in [-0.1, -0.05) is 12.1 Å². The first-order valence-electron chi connectivity index (χ1n) is 4.56. The summed E-state index contributed by atoms with van der Waals surface area (Å²) in [5, 5.41) is 0. The van der Waals surface area contributed by atoms with Crippen LogP contribution in [0.1, 0.15) is 5.56 Å². The molecule has 1 aromatic rings. The third-order valence-electron chi connectivity index (χ3n) is 2.40. The summed E-state index contributed by atoms with van der Waals surface area (Å²) < 4.78 is 61.7. The summed E-state index contributed by atoms with van der Waals surface area (Å²) in [5.74, 6) is 0. The average molecular weight is 296 g/mol. The lowest BCUT2D eigenvalue weighted by atomic mass is 10.1. The van der Waals surface area contributed by atoms with Gasteiger partial charge in [0, 0.05) is 6.54 Å². The molecule has 0 fully saturated rings. The van der Waals surface area contributed by atoms with Crippen molar-refractivity contribution in [3.8, 4) is 0 Å². The number of hydrogen-bond donors (Lipinski definition) is 4. The average Bonchev–Trinajstić information content (AvgIpc) is 2.25. The van der Waals surface area contributed by atoms with Gasteiger partial charge >= 0.3 is 0 Å². The van der Waals surface area contributed by atoms with Gasteiger partial charge in [-0.25, -0.2) is 0 Å². The van der Waals surface area contributed by atoms with Gasteiger partial charge in [0.05, 0.1) is 4.90 Å². The number of benzene rings is 1. The topological polar surface area (TPSA) is 161 Å². The number of rotatable bonds is 4. The van der Waals surface area contributed by atoms with E-state index in [2.05, 4.69) is 0 Å². The van der Waals surface area contributed by atoms with Crippen LogP contribution in [0.2, 0.25) is 0 Å². The molecule has 0 spiro atoms. The van der Waals surface area contributed by atoms with Crippen LogP contribution in [0, 0.1) is 0 Å². The first-order chi connectivity index (χ1) is 8.02. The highest BCUT2D eigenvalue weighted by molar-refractivity contribution is 7.86. The van der Waals surface area contributed by atoms with E-state index in [1.165, 1.54) is 0 Å². The number of nitrogens with two attached hydrogens (primary N) is 2. The van der Waals surface area contributed by atoms with Gasteiger partial charge in [-0.2, -0.15) is 16.8 Å². The Bertz CT molecular complexity index is 637. The second-order valence-electron chi connectivity index (χ2n) is 3.57. The van der Waals surface area contributed by atoms with E-state index in [-0.39, 0.29) is 5.56 Å². The van der Waals surface area contributed by atoms with Crippen molar-refractivity contribution in [1.82, 2.24) is 0 Å². The van der Waals surface area contributed by atoms with Gasteiger partial charge in [0.2, 0.25) is 0 Å². The minimum absolute atomic E-state index is 0.0973. The van der Waals surface area contributed by atoms with E-state index in [0.717, 1.165) is 24.3 Å². The van der Waals surface area contributed by atoms with Gasteiger partial charge in [-0.15, -0.1) is 0 Å². The Morgan fingerprint density at radius 2 is 1.50 bits per heavy atom. The predicted octanol–water partition coefficient (Wildman–Crippen LogP) is -1.11. The third kappa shape index (κ3) is 2.68. The maximum absolute atomic E-state index is 11.1. The van der Waals surface area contributed by atoms with Crippen LogP contribution in [0.4, 0.5) is 0 Å². The van der Waals surface area contributed by atoms with Crippen LogP contribution in [-0.2, 0) is 25.1 Å². The molecule has 10 heteroatoms. The molecule has 18 heavy (non-hydrogen) atoms. The second-order valence-corrected chi connectivity index (χ2v) is 6.67. The molecule has 8 nitrogen and oxygen atoms in total. The molecule has 1 rings (SSSR count). The zero-order valence-corrected chi connectivity index (χ0v) is 10.6. The number of hydrogen-bond acceptors (Lipinski definition) is 6. The highest BCUT2D eigenvalue weighted by Crippen LogP contribution is 2.24. The van der Waals surface area contributed by atoms with Crippen molar-refractivity contribution < 1.29 is 25.9 Å². The Morgan fingerprint density at radius 3 is 1.78 bits per heavy atom. The van der Waals surface area contributed by atoms with Gasteiger partial charge in [-0.05, 0) is 17.7 Å². The van der Waals surface area contributed by atoms with E-state index >= 15 is 0 Å². The minimum Gasteiger partial charge on any atom is -0.327 e. The maximum Gasteiger partial charge on any atom is 0.294 e. The summed E-state index contributed by atoms with van der Waals surface area (Å²) in [6.07, 6.45) is 0. The Hall–Kier alpha value is -1.04. The Morgan fingerprint density at radius 1 is 1.06 bits per heavy atom. The first-order valence-corrected chi connectivity index (χ1v) is 7.44. The van der Waals surface area contributed by atoms with Crippen molar-refractivity contribution in [3.05, 3.63) is 29.8 Å². The van der Waals surface area contributed by atoms with Gasteiger partial charge < -0.3 is 11.5 Å². The SMILES string of the molecule is NCC(N)(c1ccc(S(=O)(=O)O)cc1)S(=O)(=O)O. The summed E-state index contributed by atoms with van der Waals surface area (Å²) in [4.78, 5) is -2.66. The minimum atomic E-state index is -4.68. The van der Waals surface area contributed by atoms with Crippen LogP contribution >= 0.6 is 0 Å². The van der Waals surface area contributed by atoms with Crippen molar-refractivity contribution in [2.24, 2.45) is 11.5 Å². The smallest absolute Gasteiger partial charge is 0.294 e. The van der Waals surface area contributed by atoms with Crippen molar-refractivity contribution in [1.29, 1.82) is 0 Å². The van der Waals surface area contributed by atoms with E-state index in [9.17, 15) is 16.8 Å². The standard InChI is InChI=1S/C8H12N2O6S2/c9-5-8(10,18(14,15)16)6-1-3-7(4-2-6)17(11,12)13/h1-4H,5,9-10H2,(H,11,12,13)(H,14,15,16). The fourth-order valence-electron chi connectivity index (χ4n) is 1.28. The van der Waals surface area contributed by atoms with Gasteiger partial charge in [0.15, 0.2) is 4.87 Å². The van der Waals surface area contributed by atoms with E-state index in [1.807, 2.05) is 0 Å². The molecule has 1 unspecified atom stereocenters. The normalized spacial score (nSPS) is 16.2. The van der Waals surface area contributed by atoms with Crippen LogP contribution in [0.25, 0.3) is 0 Å². The second kappa shape index (κ2) is 4.57. The van der Waals surface area contributed by atoms with E-state index in [1.54, 1.807) is 0 Å². The lowest BCUT2D eigenvalue weighted by molar-refractivity contribution is 0.431. The molecular weight excluding hydrogens is 284 g/mol. The zero-order chi connectivity index (χ0) is 14.2. The first kappa shape index (κ1) is 15.0. The largest absolute Gasteiger partial charge is 0.327 e. The van der Waals surface area contributed by atoms with Gasteiger partial charge in [-0.3, -0.25) is 9.11 Å². The molecule has 1 aromatic carbocycles. The summed E-state index contributed by atoms with van der Waals surface area (Å²) in [6.45, 7) is -0.600. The molecule has 0 saturated carbocycles. The zero-order valence-electron chi connectivity index (χ0n) is 9.02. The van der Waals surface area contributed by atoms with Gasteiger partial charge in [0.25, 0.3) is 20.2 Å². The molecule has 0 bridgehead atoms. The molecule has 6 N–H and O–H groups in total. The van der Waals surface area contributed by atoms with Crippen molar-refractivity contribution in [2.75, 3.05) is 6.54 Å². The molecule has 0 aliphatic heterocycles. The highest BCUT2D eigenvalue weighted by atomic mass is 32.2. The Balaban J connectivity index is 3.36. The molecule has 0 aromatic heterocycles. The van der Waals surface area contributed by atoms with Crippen LogP contribution in [0.5, 0.6) is 0 Å². The molecule has 102 valence electrons. The lowest BCUT2D eigenvalue weighted by Gasteiger charge is -2.24. The fraction of sp³-hybridized carbons (Fsp3) is 0.250. The molecule has 0 aliphatic carbocycles. The van der Waals surface area contributed by atoms with E-state index in [0.29, 0.717) is 0 Å². The molecule has 0 radical (unpaired) electrons. The fourth-order valence-corrected chi connectivity index (χ4v) is 2.41. The van der Waals surface area contributed by atoms with Crippen LogP contribution in [0.3, 0.4) is 0 Å². The lowest BCUT2D eigenvalue weighted by Crippen LogP contribution is -2.50. The third-order valence-corrected chi connectivity index (χ3v) is 4.60. The highest BCUT2D eigenvalue weighted by Gasteiger charge is 2.39. The quantitative estimate of drug-likeness (QED) is 0.508. The molecule has 0 amide bonds. The van der Waals surface area contributed by atoms with Crippen molar-refractivity contribution in [3.63, 3.8) is 0 Å².